The highest BCUT2D eigenvalue weighted by atomic mass is 32.2. The Balaban J connectivity index is 1.71. The molecule has 138 valence electrons. The number of nitrogens with one attached hydrogen (secondary N) is 1. The Morgan fingerprint density at radius 2 is 1.70 bits per heavy atom. The minimum atomic E-state index is -3.61. The van der Waals surface area contributed by atoms with Crippen molar-refractivity contribution in [2.75, 3.05) is 5.32 Å². The number of carbonyl (C=O) groups excluding carboxylic acids is 1. The number of amides is 1. The molecule has 0 radical (unpaired) electrons. The summed E-state index contributed by atoms with van der Waals surface area (Å²) in [5.74, 6) is -0.618. The van der Waals surface area contributed by atoms with Gasteiger partial charge in [-0.25, -0.2) is 22.8 Å². The molecular formula is C19H16FN3O3S. The predicted octanol–water partition coefficient (Wildman–Crippen LogP) is 3.15. The third-order valence-corrected chi connectivity index (χ3v) is 5.32. The summed E-state index contributed by atoms with van der Waals surface area (Å²) in [6, 6.07) is 13.0. The van der Waals surface area contributed by atoms with Crippen LogP contribution >= 0.6 is 0 Å². The van der Waals surface area contributed by atoms with E-state index in [1.54, 1.807) is 19.1 Å². The fourth-order valence-electron chi connectivity index (χ4n) is 2.39. The summed E-state index contributed by atoms with van der Waals surface area (Å²) in [5, 5.41) is 2.61. The SMILES string of the molecule is Cc1nccc(S(=O)(=O)Cc2ccc(C(=O)Nc3ccc(F)cc3)cc2)n1. The van der Waals surface area contributed by atoms with E-state index in [9.17, 15) is 17.6 Å². The van der Waals surface area contributed by atoms with E-state index in [1.165, 1.54) is 48.7 Å². The summed E-state index contributed by atoms with van der Waals surface area (Å²) in [6.45, 7) is 1.62. The average Bonchev–Trinajstić information content (AvgIpc) is 2.64. The van der Waals surface area contributed by atoms with Crippen LogP contribution in [0.2, 0.25) is 0 Å². The number of halogens is 1. The van der Waals surface area contributed by atoms with E-state index < -0.39 is 15.7 Å². The van der Waals surface area contributed by atoms with Crippen molar-refractivity contribution in [2.24, 2.45) is 0 Å². The Labute approximate surface area is 156 Å². The first-order valence-corrected chi connectivity index (χ1v) is 9.67. The zero-order valence-electron chi connectivity index (χ0n) is 14.4. The van der Waals surface area contributed by atoms with E-state index >= 15 is 0 Å². The van der Waals surface area contributed by atoms with E-state index in [-0.39, 0.29) is 16.7 Å². The maximum atomic E-state index is 12.9. The lowest BCUT2D eigenvalue weighted by molar-refractivity contribution is 0.102. The van der Waals surface area contributed by atoms with Crippen LogP contribution in [-0.2, 0) is 15.6 Å². The lowest BCUT2D eigenvalue weighted by Crippen LogP contribution is -2.12. The topological polar surface area (TPSA) is 89.0 Å². The van der Waals surface area contributed by atoms with Gasteiger partial charge in [-0.2, -0.15) is 0 Å². The van der Waals surface area contributed by atoms with Crippen LogP contribution in [-0.4, -0.2) is 24.3 Å². The number of sulfone groups is 1. The van der Waals surface area contributed by atoms with E-state index in [1.807, 2.05) is 0 Å². The Hall–Kier alpha value is -3.13. The van der Waals surface area contributed by atoms with Crippen molar-refractivity contribution in [3.8, 4) is 0 Å². The second-order valence-corrected chi connectivity index (χ2v) is 7.80. The zero-order chi connectivity index (χ0) is 19.4. The standard InChI is InChI=1S/C19H16FN3O3S/c1-13-21-11-10-18(22-13)27(25,26)12-14-2-4-15(5-3-14)19(24)23-17-8-6-16(20)7-9-17/h2-11H,12H2,1H3,(H,23,24). The van der Waals surface area contributed by atoms with Gasteiger partial charge in [0, 0.05) is 17.4 Å². The van der Waals surface area contributed by atoms with Crippen LogP contribution < -0.4 is 5.32 Å². The number of benzene rings is 2. The molecule has 0 saturated heterocycles. The highest BCUT2D eigenvalue weighted by molar-refractivity contribution is 7.90. The molecule has 2 aromatic carbocycles. The summed E-state index contributed by atoms with van der Waals surface area (Å²) in [6.07, 6.45) is 1.40. The second-order valence-electron chi connectivity index (χ2n) is 5.86. The number of nitrogens with zero attached hydrogens (tertiary/aromatic N) is 2. The van der Waals surface area contributed by atoms with Crippen LogP contribution in [0.3, 0.4) is 0 Å². The lowest BCUT2D eigenvalue weighted by Gasteiger charge is -2.07. The van der Waals surface area contributed by atoms with Crippen LogP contribution in [0, 0.1) is 12.7 Å². The molecule has 0 aliphatic heterocycles. The zero-order valence-corrected chi connectivity index (χ0v) is 15.2. The van der Waals surface area contributed by atoms with Crippen LogP contribution in [0.4, 0.5) is 10.1 Å². The molecule has 0 aliphatic rings. The van der Waals surface area contributed by atoms with E-state index in [2.05, 4.69) is 15.3 Å². The van der Waals surface area contributed by atoms with Crippen molar-refractivity contribution in [1.29, 1.82) is 0 Å². The first-order valence-electron chi connectivity index (χ1n) is 8.02. The van der Waals surface area contributed by atoms with Crippen LogP contribution in [0.25, 0.3) is 0 Å². The van der Waals surface area contributed by atoms with Gasteiger partial charge in [0.2, 0.25) is 0 Å². The summed E-state index contributed by atoms with van der Waals surface area (Å²) < 4.78 is 37.8. The van der Waals surface area contributed by atoms with Crippen molar-refractivity contribution in [2.45, 2.75) is 17.7 Å². The van der Waals surface area contributed by atoms with Gasteiger partial charge in [0.1, 0.15) is 11.6 Å². The molecule has 0 spiro atoms. The molecule has 0 unspecified atom stereocenters. The number of rotatable bonds is 5. The van der Waals surface area contributed by atoms with Crippen molar-refractivity contribution >= 4 is 21.4 Å². The number of hydrogen-bond acceptors (Lipinski definition) is 5. The molecule has 3 rings (SSSR count). The molecule has 6 nitrogen and oxygen atoms in total. The third kappa shape index (κ3) is 4.73. The lowest BCUT2D eigenvalue weighted by atomic mass is 10.1. The van der Waals surface area contributed by atoms with E-state index in [0.717, 1.165) is 0 Å². The Morgan fingerprint density at radius 3 is 2.33 bits per heavy atom. The Morgan fingerprint density at radius 1 is 1.04 bits per heavy atom. The minimum Gasteiger partial charge on any atom is -0.322 e. The van der Waals surface area contributed by atoms with Gasteiger partial charge in [-0.3, -0.25) is 4.79 Å². The van der Waals surface area contributed by atoms with E-state index in [0.29, 0.717) is 22.6 Å². The molecule has 0 bridgehead atoms. The molecule has 8 heteroatoms. The van der Waals surface area contributed by atoms with Crippen molar-refractivity contribution in [3.05, 3.63) is 83.6 Å². The first kappa shape index (κ1) is 18.7. The summed E-state index contributed by atoms with van der Waals surface area (Å²) in [4.78, 5) is 20.1. The highest BCUT2D eigenvalue weighted by Gasteiger charge is 2.17. The van der Waals surface area contributed by atoms with Gasteiger partial charge in [0.05, 0.1) is 5.75 Å². The largest absolute Gasteiger partial charge is 0.322 e. The van der Waals surface area contributed by atoms with E-state index in [4.69, 9.17) is 0 Å². The molecule has 1 heterocycles. The van der Waals surface area contributed by atoms with Crippen LogP contribution in [0.1, 0.15) is 21.7 Å². The predicted molar refractivity (Wildman–Crippen MR) is 98.5 cm³/mol. The molecule has 3 aromatic rings. The molecular weight excluding hydrogens is 369 g/mol. The molecule has 0 aliphatic carbocycles. The van der Waals surface area contributed by atoms with Gasteiger partial charge in [0.25, 0.3) is 5.91 Å². The normalized spacial score (nSPS) is 11.2. The van der Waals surface area contributed by atoms with Gasteiger partial charge >= 0.3 is 0 Å². The maximum Gasteiger partial charge on any atom is 0.255 e. The first-order chi connectivity index (χ1) is 12.8. The summed E-state index contributed by atoms with van der Waals surface area (Å²) >= 11 is 0. The molecule has 1 N–H and O–H groups in total. The second kappa shape index (κ2) is 7.63. The quantitative estimate of drug-likeness (QED) is 0.682. The summed E-state index contributed by atoms with van der Waals surface area (Å²) in [5.41, 5.74) is 1.36. The molecule has 0 atom stereocenters. The van der Waals surface area contributed by atoms with Crippen molar-refractivity contribution in [3.63, 3.8) is 0 Å². The number of aromatic nitrogens is 2. The fraction of sp³-hybridized carbons (Fsp3) is 0.105. The third-order valence-electron chi connectivity index (χ3n) is 3.74. The van der Waals surface area contributed by atoms with Gasteiger partial charge in [-0.15, -0.1) is 0 Å². The van der Waals surface area contributed by atoms with Crippen molar-refractivity contribution in [1.82, 2.24) is 9.97 Å². The maximum absolute atomic E-state index is 12.9. The average molecular weight is 385 g/mol. The van der Waals surface area contributed by atoms with Gasteiger partial charge in [0.15, 0.2) is 14.9 Å². The fourth-order valence-corrected chi connectivity index (χ4v) is 3.71. The monoisotopic (exact) mass is 385 g/mol. The number of aryl methyl sites for hydroxylation is 1. The number of anilines is 1. The van der Waals surface area contributed by atoms with Crippen LogP contribution in [0.5, 0.6) is 0 Å². The molecule has 27 heavy (non-hydrogen) atoms. The number of carbonyl (C=O) groups is 1. The highest BCUT2D eigenvalue weighted by Crippen LogP contribution is 2.16. The van der Waals surface area contributed by atoms with Gasteiger partial charge < -0.3 is 5.32 Å². The smallest absolute Gasteiger partial charge is 0.255 e. The Bertz CT molecular complexity index is 1070. The Kier molecular flexibility index (Phi) is 5.27. The molecule has 0 saturated carbocycles. The number of hydrogen-bond donors (Lipinski definition) is 1. The van der Waals surface area contributed by atoms with Gasteiger partial charge in [-0.05, 0) is 55.0 Å². The summed E-state index contributed by atoms with van der Waals surface area (Å²) in [7, 11) is -3.61. The molecule has 0 fully saturated rings. The van der Waals surface area contributed by atoms with Crippen molar-refractivity contribution < 1.29 is 17.6 Å². The molecule has 1 aromatic heterocycles. The van der Waals surface area contributed by atoms with Crippen LogP contribution in [0.15, 0.2) is 65.8 Å². The van der Waals surface area contributed by atoms with Gasteiger partial charge in [-0.1, -0.05) is 12.1 Å². The minimum absolute atomic E-state index is 0.0341. The molecule has 1 amide bonds.